The maximum atomic E-state index is 12.3. The zero-order chi connectivity index (χ0) is 34.7. The Kier molecular flexibility index (Phi) is 32.5. The topological polar surface area (TPSA) is 119 Å². The van der Waals surface area contributed by atoms with Crippen molar-refractivity contribution < 1.29 is 37.9 Å². The molecule has 0 unspecified atom stereocenters. The minimum Gasteiger partial charge on any atom is -0.462 e. The first kappa shape index (κ1) is 45.0. The van der Waals surface area contributed by atoms with Gasteiger partial charge in [0.25, 0.3) is 0 Å². The fourth-order valence-electron chi connectivity index (χ4n) is 4.77. The molecule has 0 amide bonds. The summed E-state index contributed by atoms with van der Waals surface area (Å²) in [5, 5.41) is 0. The van der Waals surface area contributed by atoms with Crippen molar-refractivity contribution in [3.8, 4) is 0 Å². The van der Waals surface area contributed by atoms with E-state index in [2.05, 4.69) is 67.0 Å². The van der Waals surface area contributed by atoms with Gasteiger partial charge in [-0.15, -0.1) is 0 Å². The Labute approximate surface area is 286 Å². The van der Waals surface area contributed by atoms with Crippen LogP contribution in [0.4, 0.5) is 0 Å². The number of allylic oxidation sites excluding steroid dienone is 8. The van der Waals surface area contributed by atoms with Gasteiger partial charge in [-0.05, 0) is 70.6 Å². The summed E-state index contributed by atoms with van der Waals surface area (Å²) in [6.45, 7) is 3.57. The van der Waals surface area contributed by atoms with Crippen LogP contribution in [0.25, 0.3) is 0 Å². The zero-order valence-electron chi connectivity index (χ0n) is 29.7. The molecule has 47 heavy (non-hydrogen) atoms. The lowest BCUT2D eigenvalue weighted by molar-refractivity contribution is -0.161. The van der Waals surface area contributed by atoms with Gasteiger partial charge < -0.3 is 19.3 Å². The van der Waals surface area contributed by atoms with Crippen molar-refractivity contribution >= 4 is 19.8 Å². The summed E-state index contributed by atoms with van der Waals surface area (Å²) in [4.78, 5) is 42.6. The van der Waals surface area contributed by atoms with Crippen molar-refractivity contribution in [1.29, 1.82) is 0 Å². The number of ether oxygens (including phenoxy) is 2. The van der Waals surface area contributed by atoms with Crippen LogP contribution in [-0.4, -0.2) is 41.0 Å². The van der Waals surface area contributed by atoms with Crippen molar-refractivity contribution in [2.45, 2.75) is 168 Å². The highest BCUT2D eigenvalue weighted by atomic mass is 31.2. The predicted octanol–water partition coefficient (Wildman–Crippen LogP) is 10.8. The molecule has 0 aromatic carbocycles. The van der Waals surface area contributed by atoms with Gasteiger partial charge in [0, 0.05) is 12.8 Å². The van der Waals surface area contributed by atoms with E-state index >= 15 is 0 Å². The molecule has 9 heteroatoms. The maximum absolute atomic E-state index is 12.3. The van der Waals surface area contributed by atoms with Gasteiger partial charge in [-0.25, -0.2) is 4.57 Å². The molecular formula is C38H67O8P. The Balaban J connectivity index is 4.04. The van der Waals surface area contributed by atoms with Gasteiger partial charge in [-0.1, -0.05) is 127 Å². The van der Waals surface area contributed by atoms with Gasteiger partial charge >= 0.3 is 19.8 Å². The molecule has 0 fully saturated rings. The lowest BCUT2D eigenvalue weighted by atomic mass is 10.1. The molecule has 272 valence electrons. The first-order valence-corrected chi connectivity index (χ1v) is 20.0. The number of phosphoric acid groups is 1. The minimum atomic E-state index is -4.76. The van der Waals surface area contributed by atoms with E-state index in [-0.39, 0.29) is 19.4 Å². The van der Waals surface area contributed by atoms with Gasteiger partial charge in [-0.2, -0.15) is 0 Å². The normalized spacial score (nSPS) is 13.0. The first-order valence-electron chi connectivity index (χ1n) is 18.4. The van der Waals surface area contributed by atoms with Crippen LogP contribution in [-0.2, 0) is 28.2 Å². The van der Waals surface area contributed by atoms with Crippen molar-refractivity contribution in [3.63, 3.8) is 0 Å². The summed E-state index contributed by atoms with van der Waals surface area (Å²) in [5.41, 5.74) is 0. The van der Waals surface area contributed by atoms with Crippen LogP contribution in [0.1, 0.15) is 162 Å². The fourth-order valence-corrected chi connectivity index (χ4v) is 5.13. The van der Waals surface area contributed by atoms with Gasteiger partial charge in [0.1, 0.15) is 6.61 Å². The van der Waals surface area contributed by atoms with E-state index in [9.17, 15) is 14.2 Å². The van der Waals surface area contributed by atoms with Crippen LogP contribution in [0.2, 0.25) is 0 Å². The van der Waals surface area contributed by atoms with Crippen molar-refractivity contribution in [2.75, 3.05) is 13.2 Å². The third-order valence-electron chi connectivity index (χ3n) is 7.57. The molecule has 0 spiro atoms. The molecule has 0 aliphatic heterocycles. The van der Waals surface area contributed by atoms with Crippen molar-refractivity contribution in [1.82, 2.24) is 0 Å². The Hall–Kier alpha value is -1.99. The number of hydrogen-bond donors (Lipinski definition) is 2. The van der Waals surface area contributed by atoms with E-state index in [1.165, 1.54) is 38.5 Å². The van der Waals surface area contributed by atoms with Crippen LogP contribution >= 0.6 is 7.82 Å². The number of carbonyl (C=O) groups excluding carboxylic acids is 2. The molecule has 0 aliphatic carbocycles. The lowest BCUT2D eigenvalue weighted by Gasteiger charge is -2.18. The van der Waals surface area contributed by atoms with E-state index in [4.69, 9.17) is 19.3 Å². The zero-order valence-corrected chi connectivity index (χ0v) is 30.6. The van der Waals surface area contributed by atoms with E-state index in [0.29, 0.717) is 12.8 Å². The fraction of sp³-hybridized carbons (Fsp3) is 0.737. The van der Waals surface area contributed by atoms with E-state index < -0.39 is 32.5 Å². The Bertz CT molecular complexity index is 905. The molecule has 0 aromatic heterocycles. The summed E-state index contributed by atoms with van der Waals surface area (Å²) in [6.07, 6.45) is 39.7. The third-order valence-corrected chi connectivity index (χ3v) is 8.06. The number of hydrogen-bond acceptors (Lipinski definition) is 6. The van der Waals surface area contributed by atoms with Crippen LogP contribution < -0.4 is 0 Å². The minimum absolute atomic E-state index is 0.191. The van der Waals surface area contributed by atoms with E-state index in [1.807, 2.05) is 0 Å². The van der Waals surface area contributed by atoms with E-state index in [1.54, 1.807) is 0 Å². The lowest BCUT2D eigenvalue weighted by Crippen LogP contribution is -2.29. The molecule has 0 bridgehead atoms. The largest absolute Gasteiger partial charge is 0.469 e. The summed E-state index contributed by atoms with van der Waals surface area (Å²) in [5.74, 6) is -0.921. The monoisotopic (exact) mass is 682 g/mol. The third kappa shape index (κ3) is 36.7. The Morgan fingerprint density at radius 3 is 1.47 bits per heavy atom. The molecule has 0 saturated heterocycles. The summed E-state index contributed by atoms with van der Waals surface area (Å²) in [7, 11) is -4.76. The van der Waals surface area contributed by atoms with Crippen LogP contribution in [0.3, 0.4) is 0 Å². The quantitative estimate of drug-likeness (QED) is 0.0304. The first-order chi connectivity index (χ1) is 22.8. The Morgan fingerprint density at radius 2 is 0.979 bits per heavy atom. The van der Waals surface area contributed by atoms with Crippen LogP contribution in [0, 0.1) is 0 Å². The summed E-state index contributed by atoms with van der Waals surface area (Å²) < 4.78 is 26.3. The Morgan fingerprint density at radius 1 is 0.553 bits per heavy atom. The molecule has 0 rings (SSSR count). The summed E-state index contributed by atoms with van der Waals surface area (Å²) >= 11 is 0. The number of esters is 2. The standard InChI is InChI=1S/C38H67O8P/c1-3-5-7-9-11-13-15-17-19-21-22-24-26-28-30-32-37(39)44-34-36(35-45-47(41,42)43)46-38(40)33-31-29-27-25-23-20-18-16-14-12-10-8-6-4-2/h10-13,16-19,36H,3-9,14-15,20-35H2,1-2H3,(H2,41,42,43)/b12-10+,13-11+,18-16+,19-17+/t36-/m1/s1. The second-order valence-electron chi connectivity index (χ2n) is 12.2. The number of phosphoric ester groups is 1. The molecule has 1 atom stereocenters. The molecule has 8 nitrogen and oxygen atoms in total. The summed E-state index contributed by atoms with van der Waals surface area (Å²) in [6, 6.07) is 0. The van der Waals surface area contributed by atoms with Crippen molar-refractivity contribution in [2.24, 2.45) is 0 Å². The molecule has 2 N–H and O–H groups in total. The van der Waals surface area contributed by atoms with Crippen LogP contribution in [0.5, 0.6) is 0 Å². The molecule has 0 radical (unpaired) electrons. The second kappa shape index (κ2) is 33.9. The van der Waals surface area contributed by atoms with Gasteiger partial charge in [0.15, 0.2) is 6.10 Å². The van der Waals surface area contributed by atoms with E-state index in [0.717, 1.165) is 83.5 Å². The molecule has 0 saturated carbocycles. The smallest absolute Gasteiger partial charge is 0.462 e. The van der Waals surface area contributed by atoms with Gasteiger partial charge in [-0.3, -0.25) is 14.1 Å². The molecule has 0 heterocycles. The average molecular weight is 683 g/mol. The van der Waals surface area contributed by atoms with Crippen molar-refractivity contribution in [3.05, 3.63) is 48.6 Å². The average Bonchev–Trinajstić information content (AvgIpc) is 3.03. The van der Waals surface area contributed by atoms with Crippen LogP contribution in [0.15, 0.2) is 48.6 Å². The highest BCUT2D eigenvalue weighted by molar-refractivity contribution is 7.46. The second-order valence-corrected chi connectivity index (χ2v) is 13.4. The molecule has 0 aromatic rings. The van der Waals surface area contributed by atoms with Gasteiger partial charge in [0.05, 0.1) is 6.61 Å². The van der Waals surface area contributed by atoms with Gasteiger partial charge in [0.2, 0.25) is 0 Å². The highest BCUT2D eigenvalue weighted by Crippen LogP contribution is 2.36. The number of unbranched alkanes of at least 4 members (excludes halogenated alkanes) is 15. The predicted molar refractivity (Wildman–Crippen MR) is 193 cm³/mol. The molecule has 0 aliphatic rings. The number of carbonyl (C=O) groups is 2. The number of rotatable bonds is 33. The SMILES string of the molecule is CCCC/C=C/C/C=C/CCCCCCCC(=O)O[C@H](COC(=O)CCCCCCC/C=C/C/C=C/CCCCC)COP(=O)(O)O. The highest BCUT2D eigenvalue weighted by Gasteiger charge is 2.22. The molecular weight excluding hydrogens is 615 g/mol. The maximum Gasteiger partial charge on any atom is 0.469 e.